The fourth-order valence-corrected chi connectivity index (χ4v) is 2.46. The molecule has 0 saturated carbocycles. The van der Waals surface area contributed by atoms with Gasteiger partial charge < -0.3 is 10.2 Å². The molecule has 0 radical (unpaired) electrons. The highest BCUT2D eigenvalue weighted by molar-refractivity contribution is 5.85. The molecule has 0 aromatic heterocycles. The number of rotatable bonds is 4. The third kappa shape index (κ3) is 5.73. The zero-order valence-corrected chi connectivity index (χ0v) is 12.4. The molecule has 0 spiro atoms. The van der Waals surface area contributed by atoms with Gasteiger partial charge in [0, 0.05) is 25.6 Å². The van der Waals surface area contributed by atoms with Gasteiger partial charge in [0.25, 0.3) is 0 Å². The maximum absolute atomic E-state index is 12.0. The summed E-state index contributed by atoms with van der Waals surface area (Å²) in [5.41, 5.74) is 0.316. The summed E-state index contributed by atoms with van der Waals surface area (Å²) in [4.78, 5) is 14.1. The van der Waals surface area contributed by atoms with Gasteiger partial charge in [-0.25, -0.2) is 0 Å². The van der Waals surface area contributed by atoms with Crippen LogP contribution in [0.15, 0.2) is 0 Å². The minimum Gasteiger partial charge on any atom is -0.340 e. The van der Waals surface area contributed by atoms with E-state index in [2.05, 4.69) is 31.0 Å². The second-order valence-electron chi connectivity index (χ2n) is 6.00. The fraction of sp³-hybridized carbons (Fsp3) is 0.923. The first-order valence-electron chi connectivity index (χ1n) is 6.38. The summed E-state index contributed by atoms with van der Waals surface area (Å²) in [6, 6.07) is 0.476. The molecule has 1 heterocycles. The molecule has 1 saturated heterocycles. The van der Waals surface area contributed by atoms with Gasteiger partial charge in [0.15, 0.2) is 0 Å². The summed E-state index contributed by atoms with van der Waals surface area (Å²) in [5.74, 6) is 0.320. The molecule has 1 atom stereocenters. The number of carbonyl (C=O) groups excluding carboxylic acids is 1. The first-order chi connectivity index (χ1) is 7.44. The molecule has 1 aliphatic heterocycles. The second-order valence-corrected chi connectivity index (χ2v) is 6.00. The van der Waals surface area contributed by atoms with E-state index in [1.807, 2.05) is 7.05 Å². The molecule has 17 heavy (non-hydrogen) atoms. The van der Waals surface area contributed by atoms with Crippen molar-refractivity contribution < 1.29 is 4.79 Å². The Labute approximate surface area is 112 Å². The smallest absolute Gasteiger partial charge is 0.224 e. The standard InChI is InChI=1S/C13H26N2O.ClH/c1-13(2,3)10-11-6-5-9-15(11)12(16)7-8-14-4;/h11,14H,5-10H2,1-4H3;1H. The lowest BCUT2D eigenvalue weighted by molar-refractivity contribution is -0.132. The number of nitrogens with zero attached hydrogens (tertiary/aromatic N) is 1. The first kappa shape index (κ1) is 16.7. The van der Waals surface area contributed by atoms with Gasteiger partial charge in [0.05, 0.1) is 0 Å². The van der Waals surface area contributed by atoms with Gasteiger partial charge in [-0.2, -0.15) is 0 Å². The lowest BCUT2D eigenvalue weighted by Crippen LogP contribution is -2.38. The van der Waals surface area contributed by atoms with Crippen molar-refractivity contribution >= 4 is 18.3 Å². The van der Waals surface area contributed by atoms with Crippen molar-refractivity contribution in [2.75, 3.05) is 20.1 Å². The van der Waals surface area contributed by atoms with Gasteiger partial charge in [-0.3, -0.25) is 4.79 Å². The topological polar surface area (TPSA) is 32.3 Å². The molecule has 102 valence electrons. The Hall–Kier alpha value is -0.280. The van der Waals surface area contributed by atoms with E-state index in [1.165, 1.54) is 12.8 Å². The van der Waals surface area contributed by atoms with E-state index in [0.29, 0.717) is 23.8 Å². The average Bonchev–Trinajstić information content (AvgIpc) is 2.59. The van der Waals surface area contributed by atoms with Gasteiger partial charge in [-0.1, -0.05) is 20.8 Å². The molecule has 4 heteroatoms. The second kappa shape index (κ2) is 7.22. The highest BCUT2D eigenvalue weighted by atomic mass is 35.5. The predicted octanol–water partition coefficient (Wildman–Crippen LogP) is 2.44. The molecule has 1 amide bonds. The SMILES string of the molecule is CNCCC(=O)N1CCCC1CC(C)(C)C.Cl. The number of amides is 1. The summed E-state index contributed by atoms with van der Waals surface area (Å²) in [7, 11) is 1.89. The Morgan fingerprint density at radius 1 is 1.41 bits per heavy atom. The molecule has 0 bridgehead atoms. The van der Waals surface area contributed by atoms with Crippen LogP contribution in [0.4, 0.5) is 0 Å². The van der Waals surface area contributed by atoms with E-state index >= 15 is 0 Å². The molecule has 1 aliphatic rings. The van der Waals surface area contributed by atoms with Crippen LogP contribution in [0.5, 0.6) is 0 Å². The van der Waals surface area contributed by atoms with Crippen LogP contribution in [0.3, 0.4) is 0 Å². The van der Waals surface area contributed by atoms with E-state index in [4.69, 9.17) is 0 Å². The minimum absolute atomic E-state index is 0. The van der Waals surface area contributed by atoms with Crippen LogP contribution in [0.1, 0.15) is 46.5 Å². The fourth-order valence-electron chi connectivity index (χ4n) is 2.46. The quantitative estimate of drug-likeness (QED) is 0.844. The zero-order chi connectivity index (χ0) is 12.2. The van der Waals surface area contributed by atoms with Crippen molar-refractivity contribution in [2.24, 2.45) is 5.41 Å². The van der Waals surface area contributed by atoms with E-state index < -0.39 is 0 Å². The number of halogens is 1. The van der Waals surface area contributed by atoms with Crippen molar-refractivity contribution in [1.82, 2.24) is 10.2 Å². The van der Waals surface area contributed by atoms with E-state index in [0.717, 1.165) is 19.5 Å². The number of carbonyl (C=O) groups is 1. The molecular weight excluding hydrogens is 236 g/mol. The Bertz CT molecular complexity index is 238. The lowest BCUT2D eigenvalue weighted by Gasteiger charge is -2.30. The third-order valence-electron chi connectivity index (χ3n) is 3.13. The number of nitrogens with one attached hydrogen (secondary N) is 1. The normalized spacial score (nSPS) is 20.2. The van der Waals surface area contributed by atoms with Crippen LogP contribution < -0.4 is 5.32 Å². The zero-order valence-electron chi connectivity index (χ0n) is 11.6. The molecule has 1 unspecified atom stereocenters. The van der Waals surface area contributed by atoms with Crippen molar-refractivity contribution in [3.8, 4) is 0 Å². The van der Waals surface area contributed by atoms with Crippen LogP contribution >= 0.6 is 12.4 Å². The molecule has 1 rings (SSSR count). The summed E-state index contributed by atoms with van der Waals surface area (Å²) < 4.78 is 0. The maximum Gasteiger partial charge on any atom is 0.224 e. The Morgan fingerprint density at radius 3 is 2.59 bits per heavy atom. The van der Waals surface area contributed by atoms with E-state index in [1.54, 1.807) is 0 Å². The third-order valence-corrected chi connectivity index (χ3v) is 3.13. The molecular formula is C13H27ClN2O. The van der Waals surface area contributed by atoms with Crippen molar-refractivity contribution in [3.63, 3.8) is 0 Å². The number of hydrogen-bond donors (Lipinski definition) is 1. The Balaban J connectivity index is 0.00000256. The van der Waals surface area contributed by atoms with Gasteiger partial charge >= 0.3 is 0 Å². The summed E-state index contributed by atoms with van der Waals surface area (Å²) >= 11 is 0. The molecule has 1 N–H and O–H groups in total. The Morgan fingerprint density at radius 2 is 2.06 bits per heavy atom. The van der Waals surface area contributed by atoms with E-state index in [-0.39, 0.29) is 12.4 Å². The maximum atomic E-state index is 12.0. The first-order valence-corrected chi connectivity index (χ1v) is 6.38. The van der Waals surface area contributed by atoms with E-state index in [9.17, 15) is 4.79 Å². The average molecular weight is 263 g/mol. The largest absolute Gasteiger partial charge is 0.340 e. The Kier molecular flexibility index (Phi) is 7.10. The summed E-state index contributed by atoms with van der Waals surface area (Å²) in [6.45, 7) is 8.51. The van der Waals surface area contributed by atoms with Gasteiger partial charge in [0.2, 0.25) is 5.91 Å². The summed E-state index contributed by atoms with van der Waals surface area (Å²) in [5, 5.41) is 3.04. The molecule has 3 nitrogen and oxygen atoms in total. The van der Waals surface area contributed by atoms with Gasteiger partial charge in [0.1, 0.15) is 0 Å². The predicted molar refractivity (Wildman–Crippen MR) is 74.6 cm³/mol. The number of likely N-dealkylation sites (tertiary alicyclic amines) is 1. The number of hydrogen-bond acceptors (Lipinski definition) is 2. The van der Waals surface area contributed by atoms with Crippen LogP contribution in [0.25, 0.3) is 0 Å². The van der Waals surface area contributed by atoms with Crippen molar-refractivity contribution in [3.05, 3.63) is 0 Å². The highest BCUT2D eigenvalue weighted by Crippen LogP contribution is 2.30. The molecule has 0 aromatic carbocycles. The van der Waals surface area contributed by atoms with Crippen LogP contribution in [0, 0.1) is 5.41 Å². The van der Waals surface area contributed by atoms with Crippen molar-refractivity contribution in [2.45, 2.75) is 52.5 Å². The van der Waals surface area contributed by atoms with Gasteiger partial charge in [-0.15, -0.1) is 12.4 Å². The lowest BCUT2D eigenvalue weighted by atomic mass is 9.87. The van der Waals surface area contributed by atoms with Crippen molar-refractivity contribution in [1.29, 1.82) is 0 Å². The highest BCUT2D eigenvalue weighted by Gasteiger charge is 2.31. The molecule has 0 aromatic rings. The summed E-state index contributed by atoms with van der Waals surface area (Å²) in [6.07, 6.45) is 4.12. The van der Waals surface area contributed by atoms with Gasteiger partial charge in [-0.05, 0) is 31.7 Å². The minimum atomic E-state index is 0. The monoisotopic (exact) mass is 262 g/mol. The van der Waals surface area contributed by atoms with Crippen LogP contribution in [0.2, 0.25) is 0 Å². The molecule has 1 fully saturated rings. The van der Waals surface area contributed by atoms with Crippen LogP contribution in [-0.2, 0) is 4.79 Å². The van der Waals surface area contributed by atoms with Crippen LogP contribution in [-0.4, -0.2) is 37.0 Å². The molecule has 0 aliphatic carbocycles.